The Kier molecular flexibility index (Phi) is 8.47. The summed E-state index contributed by atoms with van der Waals surface area (Å²) in [5, 5.41) is 26.2. The highest BCUT2D eigenvalue weighted by atomic mass is 35.5. The first-order valence-electron chi connectivity index (χ1n) is 10.7. The van der Waals surface area contributed by atoms with Crippen molar-refractivity contribution < 1.29 is 14.5 Å². The number of rotatable bonds is 9. The molecular formula is C23H25ClN6O4S. The molecule has 0 radical (unpaired) electrons. The highest BCUT2D eigenvalue weighted by Crippen LogP contribution is 2.26. The van der Waals surface area contributed by atoms with Gasteiger partial charge in [0, 0.05) is 35.5 Å². The second-order valence-corrected chi connectivity index (χ2v) is 9.58. The van der Waals surface area contributed by atoms with Crippen molar-refractivity contribution in [2.24, 2.45) is 13.0 Å². The summed E-state index contributed by atoms with van der Waals surface area (Å²) >= 11 is 7.22. The van der Waals surface area contributed by atoms with Gasteiger partial charge in [-0.05, 0) is 36.6 Å². The van der Waals surface area contributed by atoms with Crippen LogP contribution in [-0.2, 0) is 11.8 Å². The minimum Gasteiger partial charge on any atom is -0.342 e. The highest BCUT2D eigenvalue weighted by Gasteiger charge is 2.26. The van der Waals surface area contributed by atoms with Crippen molar-refractivity contribution in [3.8, 4) is 0 Å². The molecule has 1 heterocycles. The molecule has 0 spiro atoms. The third kappa shape index (κ3) is 6.58. The van der Waals surface area contributed by atoms with Gasteiger partial charge >= 0.3 is 0 Å². The summed E-state index contributed by atoms with van der Waals surface area (Å²) in [6, 6.07) is 10.3. The van der Waals surface area contributed by atoms with Gasteiger partial charge in [0.25, 0.3) is 11.6 Å². The van der Waals surface area contributed by atoms with Crippen molar-refractivity contribution in [1.29, 1.82) is 0 Å². The number of amides is 2. The van der Waals surface area contributed by atoms with Crippen LogP contribution in [0.25, 0.3) is 0 Å². The van der Waals surface area contributed by atoms with E-state index < -0.39 is 16.9 Å². The number of nitro groups is 1. The molecule has 0 unspecified atom stereocenters. The molecule has 0 aliphatic heterocycles. The number of aromatic nitrogens is 3. The maximum atomic E-state index is 12.8. The Labute approximate surface area is 211 Å². The van der Waals surface area contributed by atoms with Crippen LogP contribution in [0.4, 0.5) is 11.4 Å². The van der Waals surface area contributed by atoms with Crippen molar-refractivity contribution in [3.05, 3.63) is 74.6 Å². The number of benzene rings is 2. The molecular weight excluding hydrogens is 492 g/mol. The van der Waals surface area contributed by atoms with Crippen LogP contribution in [-0.4, -0.2) is 37.3 Å². The fourth-order valence-corrected chi connectivity index (χ4v) is 4.17. The normalized spacial score (nSPS) is 11.8. The van der Waals surface area contributed by atoms with Crippen LogP contribution < -0.4 is 10.6 Å². The van der Waals surface area contributed by atoms with Gasteiger partial charge in [-0.3, -0.25) is 19.7 Å². The second kappa shape index (κ2) is 11.3. The Morgan fingerprint density at radius 2 is 1.94 bits per heavy atom. The van der Waals surface area contributed by atoms with E-state index in [1.54, 1.807) is 23.7 Å². The summed E-state index contributed by atoms with van der Waals surface area (Å²) in [5.74, 6) is -0.116. The quantitative estimate of drug-likeness (QED) is 0.242. The standard InChI is InChI=1S/C23H25ClN6O4S/c1-13(2)20(26-22(32)15-6-5-7-17(10-15)30(33)34)21-27-28-23(29(21)4)35-12-19(31)25-18-11-16(24)9-8-14(18)3/h5-11,13,20H,12H2,1-4H3,(H,25,31)(H,26,32)/t20-/m1/s1. The third-order valence-corrected chi connectivity index (χ3v) is 6.48. The summed E-state index contributed by atoms with van der Waals surface area (Å²) < 4.78 is 1.72. The van der Waals surface area contributed by atoms with E-state index in [2.05, 4.69) is 20.8 Å². The molecule has 0 fully saturated rings. The van der Waals surface area contributed by atoms with Crippen LogP contribution in [0.1, 0.15) is 41.6 Å². The number of anilines is 1. The average molecular weight is 517 g/mol. The van der Waals surface area contributed by atoms with E-state index in [0.717, 1.165) is 5.56 Å². The van der Waals surface area contributed by atoms with Crippen molar-refractivity contribution >= 4 is 46.6 Å². The number of nitro benzene ring substituents is 1. The van der Waals surface area contributed by atoms with E-state index in [-0.39, 0.29) is 28.8 Å². The molecule has 2 amide bonds. The van der Waals surface area contributed by atoms with Gasteiger partial charge in [0.1, 0.15) is 0 Å². The van der Waals surface area contributed by atoms with Gasteiger partial charge in [0.05, 0.1) is 16.7 Å². The first-order valence-corrected chi connectivity index (χ1v) is 12.1. The minimum absolute atomic E-state index is 0.0486. The van der Waals surface area contributed by atoms with E-state index in [1.807, 2.05) is 26.8 Å². The summed E-state index contributed by atoms with van der Waals surface area (Å²) in [4.78, 5) is 35.7. The van der Waals surface area contributed by atoms with E-state index in [9.17, 15) is 19.7 Å². The smallest absolute Gasteiger partial charge is 0.270 e. The van der Waals surface area contributed by atoms with Gasteiger partial charge < -0.3 is 15.2 Å². The molecule has 184 valence electrons. The largest absolute Gasteiger partial charge is 0.342 e. The zero-order valence-corrected chi connectivity index (χ0v) is 21.2. The van der Waals surface area contributed by atoms with Gasteiger partial charge in [-0.1, -0.05) is 49.3 Å². The molecule has 3 rings (SSSR count). The number of aryl methyl sites for hydroxylation is 1. The average Bonchev–Trinajstić information content (AvgIpc) is 3.18. The molecule has 0 saturated carbocycles. The van der Waals surface area contributed by atoms with Gasteiger partial charge in [-0.2, -0.15) is 0 Å². The number of thioether (sulfide) groups is 1. The van der Waals surface area contributed by atoms with Crippen LogP contribution in [0, 0.1) is 23.0 Å². The van der Waals surface area contributed by atoms with Crippen molar-refractivity contribution in [2.75, 3.05) is 11.1 Å². The van der Waals surface area contributed by atoms with Gasteiger partial charge in [-0.15, -0.1) is 10.2 Å². The van der Waals surface area contributed by atoms with E-state index in [1.165, 1.54) is 36.0 Å². The topological polar surface area (TPSA) is 132 Å². The molecule has 2 N–H and O–H groups in total. The van der Waals surface area contributed by atoms with E-state index in [0.29, 0.717) is 21.7 Å². The Hall–Kier alpha value is -3.44. The summed E-state index contributed by atoms with van der Waals surface area (Å²) in [7, 11) is 1.76. The molecule has 0 aliphatic rings. The molecule has 0 saturated heterocycles. The van der Waals surface area contributed by atoms with Crippen molar-refractivity contribution in [2.45, 2.75) is 32.0 Å². The van der Waals surface area contributed by atoms with Crippen LogP contribution in [0.15, 0.2) is 47.6 Å². The Bertz CT molecular complexity index is 1260. The van der Waals surface area contributed by atoms with Crippen LogP contribution in [0.5, 0.6) is 0 Å². The predicted molar refractivity (Wildman–Crippen MR) is 135 cm³/mol. The van der Waals surface area contributed by atoms with Gasteiger partial charge in [0.15, 0.2) is 11.0 Å². The highest BCUT2D eigenvalue weighted by molar-refractivity contribution is 7.99. The number of carbonyl (C=O) groups is 2. The van der Waals surface area contributed by atoms with Crippen molar-refractivity contribution in [3.63, 3.8) is 0 Å². The minimum atomic E-state index is -0.549. The molecule has 0 aliphatic carbocycles. The molecule has 3 aromatic rings. The Morgan fingerprint density at radius 3 is 2.63 bits per heavy atom. The van der Waals surface area contributed by atoms with E-state index >= 15 is 0 Å². The number of hydrogen-bond donors (Lipinski definition) is 2. The zero-order valence-electron chi connectivity index (χ0n) is 19.6. The van der Waals surface area contributed by atoms with Crippen LogP contribution in [0.3, 0.4) is 0 Å². The lowest BCUT2D eigenvalue weighted by Crippen LogP contribution is -2.33. The SMILES string of the molecule is Cc1ccc(Cl)cc1NC(=O)CSc1nnc([C@H](NC(=O)c2cccc([N+](=O)[O-])c2)C(C)C)n1C. The Morgan fingerprint density at radius 1 is 1.20 bits per heavy atom. The molecule has 1 atom stereocenters. The van der Waals surface area contributed by atoms with E-state index in [4.69, 9.17) is 11.6 Å². The second-order valence-electron chi connectivity index (χ2n) is 8.20. The molecule has 12 heteroatoms. The lowest BCUT2D eigenvalue weighted by molar-refractivity contribution is -0.384. The number of hydrogen-bond acceptors (Lipinski definition) is 7. The maximum absolute atomic E-state index is 12.8. The monoisotopic (exact) mass is 516 g/mol. The summed E-state index contributed by atoms with van der Waals surface area (Å²) in [6.45, 7) is 5.71. The fourth-order valence-electron chi connectivity index (χ4n) is 3.28. The fraction of sp³-hybridized carbons (Fsp3) is 0.304. The lowest BCUT2D eigenvalue weighted by atomic mass is 10.0. The molecule has 0 bridgehead atoms. The number of halogens is 1. The summed E-state index contributed by atoms with van der Waals surface area (Å²) in [5.41, 5.74) is 1.55. The number of nitrogens with one attached hydrogen (secondary N) is 2. The molecule has 10 nitrogen and oxygen atoms in total. The number of carbonyl (C=O) groups excluding carboxylic acids is 2. The first kappa shape index (κ1) is 26.2. The van der Waals surface area contributed by atoms with Crippen LogP contribution in [0.2, 0.25) is 5.02 Å². The molecule has 35 heavy (non-hydrogen) atoms. The number of nitrogens with zero attached hydrogens (tertiary/aromatic N) is 4. The van der Waals surface area contributed by atoms with Crippen LogP contribution >= 0.6 is 23.4 Å². The van der Waals surface area contributed by atoms with Crippen molar-refractivity contribution in [1.82, 2.24) is 20.1 Å². The molecule has 1 aromatic heterocycles. The zero-order chi connectivity index (χ0) is 25.7. The summed E-state index contributed by atoms with van der Waals surface area (Å²) in [6.07, 6.45) is 0. The predicted octanol–water partition coefficient (Wildman–Crippen LogP) is 4.54. The lowest BCUT2D eigenvalue weighted by Gasteiger charge is -2.21. The van der Waals surface area contributed by atoms with Gasteiger partial charge in [0.2, 0.25) is 5.91 Å². The first-order chi connectivity index (χ1) is 16.6. The third-order valence-electron chi connectivity index (χ3n) is 5.23. The molecule has 2 aromatic carbocycles. The Balaban J connectivity index is 1.69. The number of non-ortho nitro benzene ring substituents is 1. The van der Waals surface area contributed by atoms with Gasteiger partial charge in [-0.25, -0.2) is 0 Å². The maximum Gasteiger partial charge on any atom is 0.270 e.